The Morgan fingerprint density at radius 3 is 2.58 bits per heavy atom. The first-order chi connectivity index (χ1) is 9.17. The predicted molar refractivity (Wildman–Crippen MR) is 81.4 cm³/mol. The smallest absolute Gasteiger partial charge is 0.0483 e. The molecule has 0 radical (unpaired) electrons. The Kier molecular flexibility index (Phi) is 3.14. The molecule has 1 heterocycles. The van der Waals surface area contributed by atoms with Crippen molar-refractivity contribution in [2.45, 2.75) is 51.6 Å². The number of benzene rings is 1. The lowest BCUT2D eigenvalue weighted by Gasteiger charge is -2.42. The van der Waals surface area contributed by atoms with Crippen molar-refractivity contribution in [3.8, 4) is 0 Å². The third-order valence-electron chi connectivity index (χ3n) is 5.13. The van der Waals surface area contributed by atoms with E-state index in [2.05, 4.69) is 55.0 Å². The van der Waals surface area contributed by atoms with Crippen molar-refractivity contribution in [1.82, 2.24) is 9.88 Å². The molecule has 0 unspecified atom stereocenters. The third-order valence-corrected chi connectivity index (χ3v) is 5.13. The van der Waals surface area contributed by atoms with E-state index in [1.807, 2.05) is 0 Å². The summed E-state index contributed by atoms with van der Waals surface area (Å²) in [5, 5.41) is 5.21. The molecular weight excluding hydrogens is 232 g/mol. The average molecular weight is 256 g/mol. The molecule has 1 aromatic heterocycles. The number of aromatic nitrogens is 1. The van der Waals surface area contributed by atoms with Crippen LogP contribution in [0.25, 0.3) is 10.9 Å². The summed E-state index contributed by atoms with van der Waals surface area (Å²) in [6.07, 6.45) is 5.31. The van der Waals surface area contributed by atoms with Crippen LogP contribution < -0.4 is 5.32 Å². The van der Waals surface area contributed by atoms with Gasteiger partial charge in [-0.15, -0.1) is 0 Å². The van der Waals surface area contributed by atoms with E-state index < -0.39 is 0 Å². The van der Waals surface area contributed by atoms with Crippen LogP contribution in [0.2, 0.25) is 0 Å². The van der Waals surface area contributed by atoms with Gasteiger partial charge in [0.1, 0.15) is 0 Å². The van der Waals surface area contributed by atoms with Gasteiger partial charge >= 0.3 is 0 Å². The van der Waals surface area contributed by atoms with Crippen LogP contribution in [-0.4, -0.2) is 10.1 Å². The number of nitrogens with one attached hydrogen (secondary N) is 1. The van der Waals surface area contributed by atoms with E-state index in [0.717, 1.165) is 6.54 Å². The molecule has 3 rings (SSSR count). The van der Waals surface area contributed by atoms with E-state index in [-0.39, 0.29) is 0 Å². The molecule has 0 amide bonds. The summed E-state index contributed by atoms with van der Waals surface area (Å²) in [7, 11) is 2.19. The van der Waals surface area contributed by atoms with Gasteiger partial charge in [-0.25, -0.2) is 0 Å². The Bertz CT molecular complexity index is 546. The van der Waals surface area contributed by atoms with Crippen molar-refractivity contribution < 1.29 is 0 Å². The summed E-state index contributed by atoms with van der Waals surface area (Å²) < 4.78 is 2.35. The minimum atomic E-state index is 0.420. The largest absolute Gasteiger partial charge is 0.346 e. The number of aryl methyl sites for hydroxylation is 2. The summed E-state index contributed by atoms with van der Waals surface area (Å²) in [4.78, 5) is 0. The van der Waals surface area contributed by atoms with Crippen molar-refractivity contribution >= 4 is 10.9 Å². The minimum Gasteiger partial charge on any atom is -0.346 e. The molecule has 0 bridgehead atoms. The fourth-order valence-electron chi connectivity index (χ4n) is 3.42. The zero-order chi connectivity index (χ0) is 13.5. The molecule has 1 aliphatic rings. The van der Waals surface area contributed by atoms with Crippen molar-refractivity contribution in [2.24, 2.45) is 7.05 Å². The van der Waals surface area contributed by atoms with Crippen LogP contribution in [0.3, 0.4) is 0 Å². The first kappa shape index (κ1) is 12.7. The molecule has 0 aliphatic heterocycles. The highest BCUT2D eigenvalue weighted by molar-refractivity contribution is 5.85. The van der Waals surface area contributed by atoms with E-state index in [0.29, 0.717) is 5.54 Å². The molecule has 0 saturated heterocycles. The summed E-state index contributed by atoms with van der Waals surface area (Å²) in [6, 6.07) is 8.70. The van der Waals surface area contributed by atoms with Crippen molar-refractivity contribution in [2.75, 3.05) is 0 Å². The van der Waals surface area contributed by atoms with Gasteiger partial charge in [-0.2, -0.15) is 0 Å². The molecule has 2 nitrogen and oxygen atoms in total. The first-order valence-corrected chi connectivity index (χ1v) is 7.45. The second-order valence-electron chi connectivity index (χ2n) is 5.99. The second-order valence-corrected chi connectivity index (χ2v) is 5.99. The standard InChI is InChI=1S/C17H24N2/c1-4-17(10-7-11-17)18-12-16-13(2)14-8-5-6-9-15(14)19(16)3/h5-6,8-9,18H,4,7,10-12H2,1-3H3. The fourth-order valence-corrected chi connectivity index (χ4v) is 3.42. The van der Waals surface area contributed by atoms with E-state index in [1.165, 1.54) is 47.8 Å². The molecule has 2 heteroatoms. The highest BCUT2D eigenvalue weighted by atomic mass is 15.0. The van der Waals surface area contributed by atoms with Gasteiger partial charge in [0, 0.05) is 35.7 Å². The van der Waals surface area contributed by atoms with Gasteiger partial charge in [0.2, 0.25) is 0 Å². The van der Waals surface area contributed by atoms with Gasteiger partial charge in [-0.3, -0.25) is 0 Å². The third kappa shape index (κ3) is 1.99. The van der Waals surface area contributed by atoms with Gasteiger partial charge in [0.15, 0.2) is 0 Å². The van der Waals surface area contributed by atoms with Crippen LogP contribution >= 0.6 is 0 Å². The molecule has 102 valence electrons. The molecule has 0 spiro atoms. The summed E-state index contributed by atoms with van der Waals surface area (Å²) in [6.45, 7) is 5.55. The number of rotatable bonds is 4. The van der Waals surface area contributed by atoms with Crippen molar-refractivity contribution in [3.05, 3.63) is 35.5 Å². The van der Waals surface area contributed by atoms with Crippen molar-refractivity contribution in [1.29, 1.82) is 0 Å². The summed E-state index contributed by atoms with van der Waals surface area (Å²) in [5.74, 6) is 0. The average Bonchev–Trinajstić information content (AvgIpc) is 2.63. The van der Waals surface area contributed by atoms with Gasteiger partial charge < -0.3 is 9.88 Å². The molecular formula is C17H24N2. The second kappa shape index (κ2) is 4.68. The molecule has 0 atom stereocenters. The maximum absolute atomic E-state index is 3.82. The number of hydrogen-bond donors (Lipinski definition) is 1. The molecule has 1 saturated carbocycles. The Morgan fingerprint density at radius 1 is 1.26 bits per heavy atom. The zero-order valence-electron chi connectivity index (χ0n) is 12.3. The molecule has 1 fully saturated rings. The summed E-state index contributed by atoms with van der Waals surface area (Å²) in [5.41, 5.74) is 4.62. The Morgan fingerprint density at radius 2 is 2.00 bits per heavy atom. The molecule has 1 N–H and O–H groups in total. The lowest BCUT2D eigenvalue weighted by molar-refractivity contribution is 0.174. The van der Waals surface area contributed by atoms with Gasteiger partial charge in [-0.05, 0) is 44.2 Å². The van der Waals surface area contributed by atoms with Gasteiger partial charge in [0.25, 0.3) is 0 Å². The van der Waals surface area contributed by atoms with Crippen molar-refractivity contribution in [3.63, 3.8) is 0 Å². The number of fused-ring (bicyclic) bond motifs is 1. The fraction of sp³-hybridized carbons (Fsp3) is 0.529. The summed E-state index contributed by atoms with van der Waals surface area (Å²) >= 11 is 0. The Hall–Kier alpha value is -1.28. The number of hydrogen-bond acceptors (Lipinski definition) is 1. The van der Waals surface area contributed by atoms with Crippen LogP contribution in [-0.2, 0) is 13.6 Å². The number of nitrogens with zero attached hydrogens (tertiary/aromatic N) is 1. The highest BCUT2D eigenvalue weighted by Gasteiger charge is 2.34. The topological polar surface area (TPSA) is 17.0 Å². The quantitative estimate of drug-likeness (QED) is 0.877. The monoisotopic (exact) mass is 256 g/mol. The van der Waals surface area contributed by atoms with Gasteiger partial charge in [0.05, 0.1) is 0 Å². The number of para-hydroxylation sites is 1. The molecule has 1 aliphatic carbocycles. The normalized spacial score (nSPS) is 17.6. The lowest BCUT2D eigenvalue weighted by Crippen LogP contribution is -2.50. The van der Waals surface area contributed by atoms with Crippen LogP contribution in [0.5, 0.6) is 0 Å². The SMILES string of the molecule is CCC1(NCc2c(C)c3ccccc3n2C)CCC1. The Labute approximate surface area is 115 Å². The molecule has 19 heavy (non-hydrogen) atoms. The van der Waals surface area contributed by atoms with E-state index in [9.17, 15) is 0 Å². The van der Waals surface area contributed by atoms with Crippen LogP contribution in [0.15, 0.2) is 24.3 Å². The van der Waals surface area contributed by atoms with E-state index in [4.69, 9.17) is 0 Å². The van der Waals surface area contributed by atoms with E-state index in [1.54, 1.807) is 0 Å². The lowest BCUT2D eigenvalue weighted by atomic mass is 9.75. The van der Waals surface area contributed by atoms with Crippen LogP contribution in [0.1, 0.15) is 43.9 Å². The van der Waals surface area contributed by atoms with Gasteiger partial charge in [-0.1, -0.05) is 25.1 Å². The van der Waals surface area contributed by atoms with Crippen LogP contribution in [0.4, 0.5) is 0 Å². The zero-order valence-corrected chi connectivity index (χ0v) is 12.3. The molecule has 2 aromatic rings. The van der Waals surface area contributed by atoms with E-state index >= 15 is 0 Å². The maximum atomic E-state index is 3.82. The molecule has 1 aromatic carbocycles. The first-order valence-electron chi connectivity index (χ1n) is 7.45. The van der Waals surface area contributed by atoms with Crippen LogP contribution in [0, 0.1) is 6.92 Å². The Balaban J connectivity index is 1.89. The maximum Gasteiger partial charge on any atom is 0.0483 e. The minimum absolute atomic E-state index is 0.420. The highest BCUT2D eigenvalue weighted by Crippen LogP contribution is 2.35. The predicted octanol–water partition coefficient (Wildman–Crippen LogP) is 3.91.